The number of carbonyl (C=O) groups excluding carboxylic acids is 1. The molecule has 0 aliphatic rings. The van der Waals surface area contributed by atoms with E-state index in [1.165, 1.54) is 24.5 Å². The first-order valence-electron chi connectivity index (χ1n) is 5.60. The maximum absolute atomic E-state index is 12.0. The molecule has 2 aromatic rings. The summed E-state index contributed by atoms with van der Waals surface area (Å²) in [6.45, 7) is 1.76. The molecule has 0 saturated carbocycles. The molecule has 0 atom stereocenters. The van der Waals surface area contributed by atoms with Crippen molar-refractivity contribution in [2.45, 2.75) is 6.92 Å². The molecule has 0 saturated heterocycles. The van der Waals surface area contributed by atoms with Gasteiger partial charge in [-0.05, 0) is 25.1 Å². The summed E-state index contributed by atoms with van der Waals surface area (Å²) in [5.74, 6) is -1.47. The standard InChI is InChI=1S/C13H10ClN3O3/c1-7-4-10(14)9(6-16-7)12(18)17-11-5-8(13(19)20)2-3-15-11/h2-6H,1H3,(H,19,20)(H,15,17,18). The maximum atomic E-state index is 12.0. The van der Waals surface area contributed by atoms with Crippen molar-refractivity contribution in [3.63, 3.8) is 0 Å². The van der Waals surface area contributed by atoms with Crippen LogP contribution in [-0.4, -0.2) is 27.0 Å². The average Bonchev–Trinajstić information content (AvgIpc) is 2.38. The summed E-state index contributed by atoms with van der Waals surface area (Å²) in [4.78, 5) is 30.7. The molecule has 0 spiro atoms. The van der Waals surface area contributed by atoms with Crippen molar-refractivity contribution >= 4 is 29.3 Å². The lowest BCUT2D eigenvalue weighted by Crippen LogP contribution is -2.14. The number of aromatic carboxylic acids is 1. The number of carboxylic acid groups (broad SMARTS) is 1. The molecular weight excluding hydrogens is 282 g/mol. The quantitative estimate of drug-likeness (QED) is 0.906. The second-order valence-corrected chi connectivity index (χ2v) is 4.40. The van der Waals surface area contributed by atoms with Crippen molar-refractivity contribution in [1.82, 2.24) is 9.97 Å². The number of carboxylic acids is 1. The van der Waals surface area contributed by atoms with Crippen molar-refractivity contribution in [1.29, 1.82) is 0 Å². The molecule has 2 heterocycles. The minimum Gasteiger partial charge on any atom is -0.478 e. The lowest BCUT2D eigenvalue weighted by Gasteiger charge is -2.06. The molecule has 0 radical (unpaired) electrons. The van der Waals surface area contributed by atoms with Crippen LogP contribution in [0.3, 0.4) is 0 Å². The molecule has 1 amide bonds. The highest BCUT2D eigenvalue weighted by Crippen LogP contribution is 2.17. The van der Waals surface area contributed by atoms with E-state index in [4.69, 9.17) is 16.7 Å². The molecule has 2 aromatic heterocycles. The third-order valence-corrected chi connectivity index (χ3v) is 2.80. The highest BCUT2D eigenvalue weighted by Gasteiger charge is 2.13. The number of nitrogens with zero attached hydrogens (tertiary/aromatic N) is 2. The lowest BCUT2D eigenvalue weighted by molar-refractivity contribution is 0.0696. The Hall–Kier alpha value is -2.47. The molecule has 102 valence electrons. The van der Waals surface area contributed by atoms with E-state index in [9.17, 15) is 9.59 Å². The lowest BCUT2D eigenvalue weighted by atomic mass is 10.2. The van der Waals surface area contributed by atoms with Gasteiger partial charge >= 0.3 is 5.97 Å². The van der Waals surface area contributed by atoms with Gasteiger partial charge < -0.3 is 10.4 Å². The van der Waals surface area contributed by atoms with Crippen LogP contribution in [0.25, 0.3) is 0 Å². The number of rotatable bonds is 3. The number of carbonyl (C=O) groups is 2. The normalized spacial score (nSPS) is 10.1. The van der Waals surface area contributed by atoms with E-state index in [-0.39, 0.29) is 22.0 Å². The summed E-state index contributed by atoms with van der Waals surface area (Å²) in [6.07, 6.45) is 2.65. The number of nitrogens with one attached hydrogen (secondary N) is 1. The van der Waals surface area contributed by atoms with Crippen molar-refractivity contribution < 1.29 is 14.7 Å². The molecule has 20 heavy (non-hydrogen) atoms. The second-order valence-electron chi connectivity index (χ2n) is 3.99. The predicted molar refractivity (Wildman–Crippen MR) is 73.1 cm³/mol. The molecule has 2 rings (SSSR count). The number of amides is 1. The first kappa shape index (κ1) is 14.0. The monoisotopic (exact) mass is 291 g/mol. The smallest absolute Gasteiger partial charge is 0.335 e. The molecule has 0 bridgehead atoms. The summed E-state index contributed by atoms with van der Waals surface area (Å²) in [7, 11) is 0. The third kappa shape index (κ3) is 3.10. The third-order valence-electron chi connectivity index (χ3n) is 2.48. The van der Waals surface area contributed by atoms with Crippen molar-refractivity contribution in [2.75, 3.05) is 5.32 Å². The van der Waals surface area contributed by atoms with Crippen LogP contribution >= 0.6 is 11.6 Å². The fourth-order valence-electron chi connectivity index (χ4n) is 1.51. The Kier molecular flexibility index (Phi) is 3.95. The van der Waals surface area contributed by atoms with Crippen molar-refractivity contribution in [3.8, 4) is 0 Å². The number of pyridine rings is 2. The summed E-state index contributed by atoms with van der Waals surface area (Å²) >= 11 is 5.96. The Morgan fingerprint density at radius 3 is 2.70 bits per heavy atom. The van der Waals surface area contributed by atoms with E-state index in [1.54, 1.807) is 13.0 Å². The van der Waals surface area contributed by atoms with E-state index >= 15 is 0 Å². The Bertz CT molecular complexity index is 688. The van der Waals surface area contributed by atoms with Crippen LogP contribution in [0.5, 0.6) is 0 Å². The topological polar surface area (TPSA) is 92.2 Å². The molecule has 0 fully saturated rings. The van der Waals surface area contributed by atoms with Gasteiger partial charge in [0.25, 0.3) is 5.91 Å². The van der Waals surface area contributed by atoms with Gasteiger partial charge in [-0.1, -0.05) is 11.6 Å². The molecule has 0 aliphatic carbocycles. The molecule has 0 aliphatic heterocycles. The SMILES string of the molecule is Cc1cc(Cl)c(C(=O)Nc2cc(C(=O)O)ccn2)cn1. The van der Waals surface area contributed by atoms with Gasteiger partial charge in [-0.15, -0.1) is 0 Å². The van der Waals surface area contributed by atoms with Gasteiger partial charge in [0.05, 0.1) is 16.1 Å². The first-order valence-corrected chi connectivity index (χ1v) is 5.98. The van der Waals surface area contributed by atoms with Crippen molar-refractivity contribution in [3.05, 3.63) is 52.4 Å². The number of aromatic nitrogens is 2. The zero-order valence-corrected chi connectivity index (χ0v) is 11.2. The van der Waals surface area contributed by atoms with Crippen LogP contribution < -0.4 is 5.32 Å². The molecule has 6 nitrogen and oxygen atoms in total. The summed E-state index contributed by atoms with van der Waals surface area (Å²) < 4.78 is 0. The number of hydrogen-bond acceptors (Lipinski definition) is 4. The van der Waals surface area contributed by atoms with Crippen LogP contribution in [0, 0.1) is 6.92 Å². The van der Waals surface area contributed by atoms with Gasteiger partial charge in [-0.2, -0.15) is 0 Å². The summed E-state index contributed by atoms with van der Waals surface area (Å²) in [6, 6.07) is 4.16. The number of halogens is 1. The van der Waals surface area contributed by atoms with Crippen LogP contribution in [0.15, 0.2) is 30.6 Å². The van der Waals surface area contributed by atoms with Gasteiger partial charge in [-0.25, -0.2) is 9.78 Å². The minimum absolute atomic E-state index is 0.0310. The number of aryl methyl sites for hydroxylation is 1. The van der Waals surface area contributed by atoms with Gasteiger partial charge in [0, 0.05) is 18.1 Å². The Morgan fingerprint density at radius 2 is 2.05 bits per heavy atom. The van der Waals surface area contributed by atoms with Crippen LogP contribution in [0.1, 0.15) is 26.4 Å². The van der Waals surface area contributed by atoms with E-state index in [0.717, 1.165) is 0 Å². The molecule has 2 N–H and O–H groups in total. The van der Waals surface area contributed by atoms with Gasteiger partial charge in [-0.3, -0.25) is 9.78 Å². The van der Waals surface area contributed by atoms with Gasteiger partial charge in [0.1, 0.15) is 5.82 Å². The van der Waals surface area contributed by atoms with Gasteiger partial charge in [0.15, 0.2) is 0 Å². The zero-order valence-electron chi connectivity index (χ0n) is 10.4. The number of anilines is 1. The minimum atomic E-state index is -1.10. The fraction of sp³-hybridized carbons (Fsp3) is 0.0769. The predicted octanol–water partition coefficient (Wildman–Crippen LogP) is 2.39. The van der Waals surface area contributed by atoms with Crippen molar-refractivity contribution in [2.24, 2.45) is 0 Å². The van der Waals surface area contributed by atoms with E-state index in [2.05, 4.69) is 15.3 Å². The van der Waals surface area contributed by atoms with Crippen LogP contribution in [0.2, 0.25) is 5.02 Å². The second kappa shape index (κ2) is 5.66. The summed E-state index contributed by atoms with van der Waals surface area (Å²) in [5.41, 5.74) is 0.917. The fourth-order valence-corrected chi connectivity index (χ4v) is 1.80. The first-order chi connectivity index (χ1) is 9.47. The maximum Gasteiger partial charge on any atom is 0.335 e. The molecule has 0 aromatic carbocycles. The Balaban J connectivity index is 2.23. The largest absolute Gasteiger partial charge is 0.478 e. The summed E-state index contributed by atoms with van der Waals surface area (Å²) in [5, 5.41) is 11.6. The highest BCUT2D eigenvalue weighted by atomic mass is 35.5. The Morgan fingerprint density at radius 1 is 1.30 bits per heavy atom. The molecular formula is C13H10ClN3O3. The van der Waals surface area contributed by atoms with E-state index in [1.807, 2.05) is 0 Å². The highest BCUT2D eigenvalue weighted by molar-refractivity contribution is 6.34. The van der Waals surface area contributed by atoms with Gasteiger partial charge in [0.2, 0.25) is 0 Å². The molecule has 0 unspecified atom stereocenters. The van der Waals surface area contributed by atoms with E-state index < -0.39 is 11.9 Å². The average molecular weight is 292 g/mol. The zero-order chi connectivity index (χ0) is 14.7. The van der Waals surface area contributed by atoms with Crippen LogP contribution in [-0.2, 0) is 0 Å². The van der Waals surface area contributed by atoms with E-state index in [0.29, 0.717) is 5.69 Å². The molecule has 7 heteroatoms. The van der Waals surface area contributed by atoms with Crippen LogP contribution in [0.4, 0.5) is 5.82 Å². The number of hydrogen-bond donors (Lipinski definition) is 2. The Labute approximate surface area is 119 Å².